The number of halogens is 1. The zero-order valence-electron chi connectivity index (χ0n) is 12.3. The molecule has 1 fully saturated rings. The number of carbonyl (C=O) groups is 1. The summed E-state index contributed by atoms with van der Waals surface area (Å²) in [5.41, 5.74) is 0.598. The summed E-state index contributed by atoms with van der Waals surface area (Å²) in [5.74, 6) is 0.940. The van der Waals surface area contributed by atoms with Crippen LogP contribution in [0, 0.1) is 5.92 Å². The number of anilines is 1. The molecule has 0 aromatic heterocycles. The second-order valence-corrected chi connectivity index (χ2v) is 5.70. The zero-order valence-corrected chi connectivity index (χ0v) is 13.1. The van der Waals surface area contributed by atoms with Crippen LogP contribution in [0.3, 0.4) is 0 Å². The average molecular weight is 313 g/mol. The van der Waals surface area contributed by atoms with Gasteiger partial charge < -0.3 is 20.1 Å². The normalized spacial score (nSPS) is 15.4. The third-order valence-electron chi connectivity index (χ3n) is 3.46. The summed E-state index contributed by atoms with van der Waals surface area (Å²) in [5, 5.41) is 13.1. The number of urea groups is 1. The summed E-state index contributed by atoms with van der Waals surface area (Å²) < 4.78 is 5.34. The molecule has 6 heteroatoms. The predicted molar refractivity (Wildman–Crippen MR) is 83.0 cm³/mol. The SMILES string of the molecule is CCOc1ccc(NC(=O)N(C)CC(O)C2CC2)cc1Cl. The van der Waals surface area contributed by atoms with E-state index in [0.29, 0.717) is 35.5 Å². The molecule has 1 aliphatic carbocycles. The third kappa shape index (κ3) is 4.51. The Morgan fingerprint density at radius 2 is 2.29 bits per heavy atom. The number of aliphatic hydroxyl groups excluding tert-OH is 1. The minimum absolute atomic E-state index is 0.269. The molecular formula is C15H21ClN2O3. The van der Waals surface area contributed by atoms with Crippen molar-refractivity contribution in [3.8, 4) is 5.75 Å². The van der Waals surface area contributed by atoms with Gasteiger partial charge in [-0.05, 0) is 43.9 Å². The average Bonchev–Trinajstić information content (AvgIpc) is 3.26. The first-order valence-electron chi connectivity index (χ1n) is 7.13. The molecule has 2 rings (SSSR count). The van der Waals surface area contributed by atoms with Crippen molar-refractivity contribution >= 4 is 23.3 Å². The number of ether oxygens (including phenoxy) is 1. The van der Waals surface area contributed by atoms with Crippen molar-refractivity contribution in [1.82, 2.24) is 4.90 Å². The van der Waals surface area contributed by atoms with Crippen molar-refractivity contribution in [2.75, 3.05) is 25.5 Å². The van der Waals surface area contributed by atoms with Gasteiger partial charge in [0.15, 0.2) is 0 Å². The quantitative estimate of drug-likeness (QED) is 0.849. The van der Waals surface area contributed by atoms with E-state index in [1.165, 1.54) is 4.90 Å². The summed E-state index contributed by atoms with van der Waals surface area (Å²) in [4.78, 5) is 13.5. The lowest BCUT2D eigenvalue weighted by Gasteiger charge is -2.21. The highest BCUT2D eigenvalue weighted by atomic mass is 35.5. The van der Waals surface area contributed by atoms with Gasteiger partial charge in [-0.25, -0.2) is 4.79 Å². The number of carbonyl (C=O) groups excluding carboxylic acids is 1. The van der Waals surface area contributed by atoms with Crippen LogP contribution in [-0.2, 0) is 0 Å². The second kappa shape index (κ2) is 7.00. The Labute approximate surface area is 129 Å². The van der Waals surface area contributed by atoms with Crippen LogP contribution in [0.1, 0.15) is 19.8 Å². The van der Waals surface area contributed by atoms with E-state index < -0.39 is 6.10 Å². The molecule has 2 amide bonds. The van der Waals surface area contributed by atoms with E-state index in [2.05, 4.69) is 5.32 Å². The largest absolute Gasteiger partial charge is 0.492 e. The van der Waals surface area contributed by atoms with E-state index in [1.807, 2.05) is 6.92 Å². The van der Waals surface area contributed by atoms with Gasteiger partial charge in [0.25, 0.3) is 0 Å². The maximum Gasteiger partial charge on any atom is 0.321 e. The van der Waals surface area contributed by atoms with E-state index >= 15 is 0 Å². The fourth-order valence-electron chi connectivity index (χ4n) is 2.06. The Bertz CT molecular complexity index is 506. The maximum atomic E-state index is 12.0. The van der Waals surface area contributed by atoms with Crippen molar-refractivity contribution in [1.29, 1.82) is 0 Å². The van der Waals surface area contributed by atoms with Crippen LogP contribution in [0.2, 0.25) is 5.02 Å². The Morgan fingerprint density at radius 3 is 2.86 bits per heavy atom. The number of nitrogens with zero attached hydrogens (tertiary/aromatic N) is 1. The molecule has 0 spiro atoms. The van der Waals surface area contributed by atoms with Crippen molar-refractivity contribution < 1.29 is 14.6 Å². The Hall–Kier alpha value is -1.46. The third-order valence-corrected chi connectivity index (χ3v) is 3.75. The lowest BCUT2D eigenvalue weighted by Crippen LogP contribution is -2.38. The molecule has 0 radical (unpaired) electrons. The van der Waals surface area contributed by atoms with Gasteiger partial charge in [-0.3, -0.25) is 0 Å². The smallest absolute Gasteiger partial charge is 0.321 e. The summed E-state index contributed by atoms with van der Waals surface area (Å²) >= 11 is 6.08. The monoisotopic (exact) mass is 312 g/mol. The van der Waals surface area contributed by atoms with Crippen molar-refractivity contribution in [2.45, 2.75) is 25.9 Å². The Balaban J connectivity index is 1.90. The fraction of sp³-hybridized carbons (Fsp3) is 0.533. The molecule has 0 bridgehead atoms. The number of amides is 2. The number of hydrogen-bond acceptors (Lipinski definition) is 3. The highest BCUT2D eigenvalue weighted by molar-refractivity contribution is 6.32. The number of nitrogens with one attached hydrogen (secondary N) is 1. The molecule has 5 nitrogen and oxygen atoms in total. The molecule has 1 aromatic carbocycles. The summed E-state index contributed by atoms with van der Waals surface area (Å²) in [6.07, 6.45) is 1.65. The molecule has 1 saturated carbocycles. The minimum Gasteiger partial charge on any atom is -0.492 e. The lowest BCUT2D eigenvalue weighted by atomic mass is 10.2. The highest BCUT2D eigenvalue weighted by Gasteiger charge is 2.31. The first kappa shape index (κ1) is 15.9. The standard InChI is InChI=1S/C15H21ClN2O3/c1-3-21-14-7-6-11(8-12(14)16)17-15(20)18(2)9-13(19)10-4-5-10/h6-8,10,13,19H,3-5,9H2,1-2H3,(H,17,20). The van der Waals surface area contributed by atoms with E-state index in [4.69, 9.17) is 16.3 Å². The van der Waals surface area contributed by atoms with E-state index in [1.54, 1.807) is 25.2 Å². The Morgan fingerprint density at radius 1 is 1.57 bits per heavy atom. The van der Waals surface area contributed by atoms with Crippen LogP contribution in [0.4, 0.5) is 10.5 Å². The molecule has 1 unspecified atom stereocenters. The lowest BCUT2D eigenvalue weighted by molar-refractivity contribution is 0.117. The van der Waals surface area contributed by atoms with Crippen LogP contribution in [0.15, 0.2) is 18.2 Å². The molecule has 2 N–H and O–H groups in total. The zero-order chi connectivity index (χ0) is 15.4. The summed E-state index contributed by atoms with van der Waals surface area (Å²) in [7, 11) is 1.66. The van der Waals surface area contributed by atoms with E-state index in [0.717, 1.165) is 12.8 Å². The molecule has 1 aliphatic rings. The molecule has 0 saturated heterocycles. The van der Waals surface area contributed by atoms with Gasteiger partial charge in [0.2, 0.25) is 0 Å². The number of rotatable bonds is 6. The van der Waals surface area contributed by atoms with Gasteiger partial charge in [0.1, 0.15) is 5.75 Å². The van der Waals surface area contributed by atoms with Crippen LogP contribution in [-0.4, -0.2) is 42.3 Å². The number of aliphatic hydroxyl groups is 1. The molecule has 0 aliphatic heterocycles. The Kier molecular flexibility index (Phi) is 5.31. The highest BCUT2D eigenvalue weighted by Crippen LogP contribution is 2.33. The predicted octanol–water partition coefficient (Wildman–Crippen LogP) is 2.97. The first-order chi connectivity index (χ1) is 10.0. The van der Waals surface area contributed by atoms with Gasteiger partial charge in [-0.1, -0.05) is 11.6 Å². The number of likely N-dealkylation sites (N-methyl/N-ethyl adjacent to an activating group) is 1. The van der Waals surface area contributed by atoms with E-state index in [-0.39, 0.29) is 6.03 Å². The van der Waals surface area contributed by atoms with Gasteiger partial charge in [-0.2, -0.15) is 0 Å². The topological polar surface area (TPSA) is 61.8 Å². The molecule has 0 heterocycles. The van der Waals surface area contributed by atoms with Crippen molar-refractivity contribution in [3.63, 3.8) is 0 Å². The van der Waals surface area contributed by atoms with Crippen LogP contribution < -0.4 is 10.1 Å². The summed E-state index contributed by atoms with van der Waals surface area (Å²) in [6, 6.07) is 4.84. The number of hydrogen-bond donors (Lipinski definition) is 2. The molecule has 21 heavy (non-hydrogen) atoms. The van der Waals surface area contributed by atoms with Gasteiger partial charge in [0, 0.05) is 19.3 Å². The first-order valence-corrected chi connectivity index (χ1v) is 7.51. The van der Waals surface area contributed by atoms with Crippen LogP contribution in [0.25, 0.3) is 0 Å². The second-order valence-electron chi connectivity index (χ2n) is 5.29. The molecule has 1 aromatic rings. The fourth-order valence-corrected chi connectivity index (χ4v) is 2.30. The van der Waals surface area contributed by atoms with Crippen LogP contribution >= 0.6 is 11.6 Å². The molecule has 116 valence electrons. The molecular weight excluding hydrogens is 292 g/mol. The van der Waals surface area contributed by atoms with Gasteiger partial charge in [-0.15, -0.1) is 0 Å². The van der Waals surface area contributed by atoms with Crippen molar-refractivity contribution in [2.24, 2.45) is 5.92 Å². The number of benzene rings is 1. The minimum atomic E-state index is -0.440. The van der Waals surface area contributed by atoms with Crippen molar-refractivity contribution in [3.05, 3.63) is 23.2 Å². The maximum absolute atomic E-state index is 12.0. The summed E-state index contributed by atoms with van der Waals surface area (Å²) in [6.45, 7) is 2.75. The van der Waals surface area contributed by atoms with Gasteiger partial charge in [0.05, 0.1) is 17.7 Å². The van der Waals surface area contributed by atoms with Crippen LogP contribution in [0.5, 0.6) is 5.75 Å². The molecule has 1 atom stereocenters. The van der Waals surface area contributed by atoms with Gasteiger partial charge >= 0.3 is 6.03 Å². The van der Waals surface area contributed by atoms with E-state index in [9.17, 15) is 9.90 Å².